The number of rotatable bonds is 5. The Morgan fingerprint density at radius 3 is 2.00 bits per heavy atom. The third kappa shape index (κ3) is 4.43. The maximum atomic E-state index is 12.8. The molecule has 0 aromatic carbocycles. The molecule has 1 aromatic heterocycles. The van der Waals surface area contributed by atoms with Crippen molar-refractivity contribution < 1.29 is 13.5 Å². The first-order chi connectivity index (χ1) is 9.99. The van der Waals surface area contributed by atoms with E-state index >= 15 is 0 Å². The molecule has 0 radical (unpaired) electrons. The zero-order valence-electron chi connectivity index (χ0n) is 15.7. The van der Waals surface area contributed by atoms with Gasteiger partial charge in [-0.2, -0.15) is 5.10 Å². The summed E-state index contributed by atoms with van der Waals surface area (Å²) in [7, 11) is -5.98. The van der Waals surface area contributed by atoms with Gasteiger partial charge in [-0.25, -0.2) is 12.8 Å². The van der Waals surface area contributed by atoms with E-state index in [-0.39, 0.29) is 16.1 Å². The molecule has 6 nitrogen and oxygen atoms in total. The minimum atomic E-state index is -3.73. The van der Waals surface area contributed by atoms with Gasteiger partial charge in [-0.05, 0) is 32.7 Å². The second-order valence-corrected chi connectivity index (χ2v) is 15.4. The minimum absolute atomic E-state index is 0.0341. The molecule has 1 heterocycles. The number of nitrogens with zero attached hydrogens (tertiary/aromatic N) is 2. The smallest absolute Gasteiger partial charge is 0.253 e. The number of sulfonamides is 1. The molecule has 8 heteroatoms. The minimum Gasteiger partial charge on any atom is -0.384 e. The normalized spacial score (nSPS) is 14.6. The quantitative estimate of drug-likeness (QED) is 0.790. The van der Waals surface area contributed by atoms with Crippen LogP contribution in [-0.4, -0.2) is 31.5 Å². The van der Waals surface area contributed by atoms with E-state index in [4.69, 9.17) is 0 Å². The molecule has 0 saturated heterocycles. The fraction of sp³-hybridized carbons (Fsp3) is 0.800. The van der Waals surface area contributed by atoms with Crippen molar-refractivity contribution in [3.63, 3.8) is 0 Å². The fourth-order valence-corrected chi connectivity index (χ4v) is 6.69. The highest BCUT2D eigenvalue weighted by Gasteiger charge is 2.40. The van der Waals surface area contributed by atoms with Gasteiger partial charge in [0.2, 0.25) is 0 Å². The molecule has 134 valence electrons. The summed E-state index contributed by atoms with van der Waals surface area (Å²) >= 11 is 0. The molecule has 0 aliphatic rings. The third-order valence-corrected chi connectivity index (χ3v) is 12.0. The Hall–Kier alpha value is -0.703. The van der Waals surface area contributed by atoms with Crippen LogP contribution in [0.3, 0.4) is 0 Å². The van der Waals surface area contributed by atoms with Gasteiger partial charge in [-0.3, -0.25) is 4.68 Å². The van der Waals surface area contributed by atoms with E-state index in [0.717, 1.165) is 0 Å². The Morgan fingerprint density at radius 1 is 1.22 bits per heavy atom. The summed E-state index contributed by atoms with van der Waals surface area (Å²) in [6.07, 6.45) is 0. The summed E-state index contributed by atoms with van der Waals surface area (Å²) < 4.78 is 30.0. The van der Waals surface area contributed by atoms with E-state index in [9.17, 15) is 13.5 Å². The Labute approximate surface area is 141 Å². The van der Waals surface area contributed by atoms with Crippen molar-refractivity contribution in [1.29, 1.82) is 0 Å². The van der Waals surface area contributed by atoms with Gasteiger partial charge in [0.25, 0.3) is 10.0 Å². The predicted molar refractivity (Wildman–Crippen MR) is 95.4 cm³/mol. The molecular formula is C15H31N3O3SSi. The summed E-state index contributed by atoms with van der Waals surface area (Å²) in [5.41, 5.74) is -0.676. The zero-order valence-corrected chi connectivity index (χ0v) is 17.5. The lowest BCUT2D eigenvalue weighted by atomic mass is 10.1. The molecule has 0 aliphatic heterocycles. The number of hydrogen-bond donors (Lipinski definition) is 2. The first-order valence-electron chi connectivity index (χ1n) is 7.85. The number of hydrogen-bond acceptors (Lipinski definition) is 4. The molecule has 1 rings (SSSR count). The van der Waals surface area contributed by atoms with Crippen LogP contribution >= 0.6 is 0 Å². The maximum absolute atomic E-state index is 12.8. The standard InChI is InChI=1S/C15H31N3O3SSi/c1-11(2)18-12(15(6,7)19)10-13(16-18)22(20,21)17-23(8,9)14(3,4)5/h10-11,17,19H,1-9H3. The van der Waals surface area contributed by atoms with Crippen LogP contribution in [0.25, 0.3) is 0 Å². The summed E-state index contributed by atoms with van der Waals surface area (Å²) in [5.74, 6) is 0. The monoisotopic (exact) mass is 361 g/mol. The molecule has 0 bridgehead atoms. The van der Waals surface area contributed by atoms with E-state index in [1.165, 1.54) is 6.07 Å². The lowest BCUT2D eigenvalue weighted by Crippen LogP contribution is -2.54. The Bertz CT molecular complexity index is 665. The van der Waals surface area contributed by atoms with Gasteiger partial charge in [0, 0.05) is 12.1 Å². The highest BCUT2D eigenvalue weighted by Crippen LogP contribution is 2.35. The average Bonchev–Trinajstić information content (AvgIpc) is 2.70. The number of nitrogens with one attached hydrogen (secondary N) is 1. The summed E-state index contributed by atoms with van der Waals surface area (Å²) in [6.45, 7) is 17.1. The first-order valence-corrected chi connectivity index (χ1v) is 12.3. The highest BCUT2D eigenvalue weighted by atomic mass is 32.2. The fourth-order valence-electron chi connectivity index (χ4n) is 1.90. The molecule has 0 amide bonds. The summed E-state index contributed by atoms with van der Waals surface area (Å²) in [4.78, 5) is 0. The molecule has 0 saturated carbocycles. The molecule has 0 atom stereocenters. The lowest BCUT2D eigenvalue weighted by Gasteiger charge is -2.36. The molecule has 0 aliphatic carbocycles. The molecule has 0 unspecified atom stereocenters. The predicted octanol–water partition coefficient (Wildman–Crippen LogP) is 2.97. The van der Waals surface area contributed by atoms with Gasteiger partial charge in [0.1, 0.15) is 13.8 Å². The van der Waals surface area contributed by atoms with E-state index in [0.29, 0.717) is 5.69 Å². The van der Waals surface area contributed by atoms with Crippen molar-refractivity contribution >= 4 is 18.3 Å². The largest absolute Gasteiger partial charge is 0.384 e. The van der Waals surface area contributed by atoms with Crippen molar-refractivity contribution in [1.82, 2.24) is 14.2 Å². The second-order valence-electron chi connectivity index (χ2n) is 8.45. The first kappa shape index (κ1) is 20.3. The van der Waals surface area contributed by atoms with Crippen molar-refractivity contribution in [3.05, 3.63) is 11.8 Å². The Balaban J connectivity index is 3.36. The van der Waals surface area contributed by atoms with Crippen LogP contribution in [0.4, 0.5) is 0 Å². The molecule has 0 spiro atoms. The SMILES string of the molecule is CC(C)n1nc(S(=O)(=O)N[Si](C)(C)C(C)(C)C)cc1C(C)(C)O. The molecule has 1 aromatic rings. The van der Waals surface area contributed by atoms with Crippen molar-refractivity contribution in [2.75, 3.05) is 0 Å². The molecule has 2 N–H and O–H groups in total. The van der Waals surface area contributed by atoms with Crippen LogP contribution in [0.1, 0.15) is 60.2 Å². The Morgan fingerprint density at radius 2 is 1.70 bits per heavy atom. The van der Waals surface area contributed by atoms with Gasteiger partial charge < -0.3 is 5.11 Å². The van der Waals surface area contributed by atoms with Crippen LogP contribution < -0.4 is 4.39 Å². The number of aliphatic hydroxyl groups is 1. The van der Waals surface area contributed by atoms with Crippen molar-refractivity contribution in [2.24, 2.45) is 0 Å². The van der Waals surface area contributed by atoms with Crippen LogP contribution in [0, 0.1) is 0 Å². The second kappa shape index (κ2) is 5.98. The van der Waals surface area contributed by atoms with Crippen LogP contribution in [0.15, 0.2) is 11.1 Å². The van der Waals surface area contributed by atoms with E-state index in [1.807, 2.05) is 47.7 Å². The van der Waals surface area contributed by atoms with Gasteiger partial charge in [-0.15, -0.1) is 0 Å². The van der Waals surface area contributed by atoms with Gasteiger partial charge in [-0.1, -0.05) is 33.9 Å². The van der Waals surface area contributed by atoms with E-state index < -0.39 is 23.9 Å². The topological polar surface area (TPSA) is 84.2 Å². The summed E-state index contributed by atoms with van der Waals surface area (Å²) in [6, 6.07) is 1.42. The molecule has 0 fully saturated rings. The maximum Gasteiger partial charge on any atom is 0.253 e. The van der Waals surface area contributed by atoms with Crippen molar-refractivity contribution in [3.8, 4) is 0 Å². The van der Waals surface area contributed by atoms with E-state index in [1.54, 1.807) is 18.5 Å². The van der Waals surface area contributed by atoms with Gasteiger partial charge >= 0.3 is 0 Å². The molecule has 23 heavy (non-hydrogen) atoms. The summed E-state index contributed by atoms with van der Waals surface area (Å²) in [5, 5.41) is 14.4. The Kier molecular flexibility index (Phi) is 5.29. The van der Waals surface area contributed by atoms with Gasteiger partial charge in [0.05, 0.1) is 5.69 Å². The number of aromatic nitrogens is 2. The van der Waals surface area contributed by atoms with E-state index in [2.05, 4.69) is 9.49 Å². The highest BCUT2D eigenvalue weighted by molar-refractivity contribution is 7.90. The molecular weight excluding hydrogens is 330 g/mol. The van der Waals surface area contributed by atoms with Crippen LogP contribution in [-0.2, 0) is 15.6 Å². The van der Waals surface area contributed by atoms with Crippen LogP contribution in [0.2, 0.25) is 18.1 Å². The van der Waals surface area contributed by atoms with Crippen molar-refractivity contribution in [2.45, 2.75) is 83.3 Å². The lowest BCUT2D eigenvalue weighted by molar-refractivity contribution is 0.0669. The van der Waals surface area contributed by atoms with Gasteiger partial charge in [0.15, 0.2) is 5.03 Å². The average molecular weight is 362 g/mol. The third-order valence-electron chi connectivity index (χ3n) is 4.37. The van der Waals surface area contributed by atoms with Crippen LogP contribution in [0.5, 0.6) is 0 Å². The zero-order chi connectivity index (χ0) is 18.4.